The van der Waals surface area contributed by atoms with Gasteiger partial charge in [0.15, 0.2) is 0 Å². The summed E-state index contributed by atoms with van der Waals surface area (Å²) in [5.41, 5.74) is 11.0. The molecule has 0 spiro atoms. The number of aromatic nitrogens is 1. The van der Waals surface area contributed by atoms with Crippen molar-refractivity contribution in [2.45, 2.75) is 57.2 Å². The molecule has 0 radical (unpaired) electrons. The maximum atomic E-state index is 13.5. The van der Waals surface area contributed by atoms with Gasteiger partial charge in [0.1, 0.15) is 11.9 Å². The zero-order chi connectivity index (χ0) is 31.1. The highest BCUT2D eigenvalue weighted by atomic mass is 16.2. The molecule has 0 bridgehead atoms. The van der Waals surface area contributed by atoms with E-state index in [-0.39, 0.29) is 24.0 Å². The van der Waals surface area contributed by atoms with Gasteiger partial charge in [0.2, 0.25) is 5.91 Å². The first-order valence-corrected chi connectivity index (χ1v) is 15.2. The van der Waals surface area contributed by atoms with Crippen LogP contribution in [0.3, 0.4) is 0 Å². The number of nitrogens with two attached hydrogens (primary N) is 1. The number of carbonyl (C=O) groups is 2. The second kappa shape index (κ2) is 14.1. The van der Waals surface area contributed by atoms with Crippen LogP contribution >= 0.6 is 0 Å². The number of hydrogen-bond donors (Lipinski definition) is 4. The van der Waals surface area contributed by atoms with Gasteiger partial charge in [-0.3, -0.25) is 9.69 Å². The second-order valence-corrected chi connectivity index (χ2v) is 11.5. The predicted octanol–water partition coefficient (Wildman–Crippen LogP) is 4.78. The van der Waals surface area contributed by atoms with Gasteiger partial charge in [0.25, 0.3) is 0 Å². The topological polar surface area (TPSA) is 139 Å². The molecule has 44 heavy (non-hydrogen) atoms. The van der Waals surface area contributed by atoms with Crippen molar-refractivity contribution in [2.24, 2.45) is 5.73 Å². The van der Waals surface area contributed by atoms with E-state index in [0.29, 0.717) is 30.8 Å². The Balaban J connectivity index is 1.52. The van der Waals surface area contributed by atoms with Crippen molar-refractivity contribution in [2.75, 3.05) is 40.1 Å². The van der Waals surface area contributed by atoms with Gasteiger partial charge in [-0.15, -0.1) is 0 Å². The molecule has 5 rings (SSSR count). The number of nitriles is 1. The molecule has 228 valence electrons. The molecule has 1 aliphatic carbocycles. The molecule has 2 aromatic carbocycles. The molecule has 5 N–H and O–H groups in total. The Kier molecular flexibility index (Phi) is 9.77. The van der Waals surface area contributed by atoms with Crippen molar-refractivity contribution in [1.82, 2.24) is 10.3 Å². The smallest absolute Gasteiger partial charge is 0.319 e. The lowest BCUT2D eigenvalue weighted by atomic mass is 9.88. The van der Waals surface area contributed by atoms with E-state index in [1.165, 1.54) is 6.08 Å². The fourth-order valence-electron chi connectivity index (χ4n) is 6.29. The second-order valence-electron chi connectivity index (χ2n) is 11.5. The van der Waals surface area contributed by atoms with Crippen molar-refractivity contribution in [3.05, 3.63) is 90.1 Å². The van der Waals surface area contributed by atoms with E-state index in [9.17, 15) is 9.59 Å². The van der Waals surface area contributed by atoms with Crippen LogP contribution in [0.1, 0.15) is 49.3 Å². The van der Waals surface area contributed by atoms with Gasteiger partial charge in [-0.05, 0) is 74.4 Å². The van der Waals surface area contributed by atoms with E-state index >= 15 is 0 Å². The van der Waals surface area contributed by atoms with Gasteiger partial charge >= 0.3 is 6.03 Å². The van der Waals surface area contributed by atoms with E-state index in [4.69, 9.17) is 11.0 Å². The fourth-order valence-corrected chi connectivity index (χ4v) is 6.29. The lowest BCUT2D eigenvalue weighted by Crippen LogP contribution is -2.51. The van der Waals surface area contributed by atoms with E-state index < -0.39 is 6.03 Å². The van der Waals surface area contributed by atoms with Crippen molar-refractivity contribution < 1.29 is 9.59 Å². The quantitative estimate of drug-likeness (QED) is 0.262. The molecule has 1 aliphatic heterocycles. The maximum Gasteiger partial charge on any atom is 0.319 e. The van der Waals surface area contributed by atoms with Crippen molar-refractivity contribution in [1.29, 1.82) is 5.26 Å². The number of benzene rings is 2. The highest BCUT2D eigenvalue weighted by molar-refractivity contribution is 6.06. The number of piperazine rings is 1. The lowest BCUT2D eigenvalue weighted by Gasteiger charge is -2.42. The zero-order valence-electron chi connectivity index (χ0n) is 25.1. The number of hydrogen-bond acceptors (Lipinski definition) is 7. The molecule has 10 nitrogen and oxygen atoms in total. The first-order valence-electron chi connectivity index (χ1n) is 15.2. The van der Waals surface area contributed by atoms with Crippen LogP contribution in [0.15, 0.2) is 73.4 Å². The molecule has 1 atom stereocenters. The number of nitrogens with one attached hydrogen (secondary N) is 3. The molecule has 2 fully saturated rings. The standard InChI is InChI=1S/C34H40N8O2/c1-3-31(43)40-29-15-10-26(19-24-7-5-4-6-8-24)32(33(29)41-18-17-37-23(2)22-41)42(34(36)44)28-13-11-27(12-14-28)39-30-16-9-25(20-35)21-38-30/h3-10,15-16,21,23,27-28,37H,1,11-14,17-19,22H2,2H3,(H2,36,44)(H,38,39)(H,40,43)/t23-,27?,28?/m0/s1. The Hall–Kier alpha value is -4.88. The largest absolute Gasteiger partial charge is 0.367 e. The summed E-state index contributed by atoms with van der Waals surface area (Å²) in [7, 11) is 0. The summed E-state index contributed by atoms with van der Waals surface area (Å²) < 4.78 is 0. The van der Waals surface area contributed by atoms with E-state index in [1.807, 2.05) is 36.4 Å². The maximum absolute atomic E-state index is 13.5. The minimum absolute atomic E-state index is 0.126. The van der Waals surface area contributed by atoms with Crippen LogP contribution in [0.25, 0.3) is 0 Å². The number of pyridine rings is 1. The highest BCUT2D eigenvalue weighted by Crippen LogP contribution is 2.44. The number of primary amides is 1. The third-order valence-electron chi connectivity index (χ3n) is 8.39. The van der Waals surface area contributed by atoms with Crippen molar-refractivity contribution in [3.8, 4) is 6.07 Å². The minimum Gasteiger partial charge on any atom is -0.367 e. The van der Waals surface area contributed by atoms with Crippen LogP contribution in [0.5, 0.6) is 0 Å². The first-order chi connectivity index (χ1) is 21.4. The van der Waals surface area contributed by atoms with Crippen LogP contribution in [-0.2, 0) is 11.2 Å². The van der Waals surface area contributed by atoms with E-state index in [1.54, 1.807) is 17.2 Å². The Morgan fingerprint density at radius 2 is 1.93 bits per heavy atom. The van der Waals surface area contributed by atoms with Gasteiger partial charge in [0.05, 0.1) is 22.6 Å². The molecular formula is C34H40N8O2. The summed E-state index contributed by atoms with van der Waals surface area (Å²) in [6, 6.07) is 19.5. The van der Waals surface area contributed by atoms with Crippen LogP contribution < -0.4 is 31.5 Å². The van der Waals surface area contributed by atoms with Gasteiger partial charge in [-0.25, -0.2) is 9.78 Å². The van der Waals surface area contributed by atoms with Gasteiger partial charge in [-0.2, -0.15) is 5.26 Å². The zero-order valence-corrected chi connectivity index (χ0v) is 25.1. The minimum atomic E-state index is -0.513. The average Bonchev–Trinajstić information content (AvgIpc) is 3.03. The Labute approximate surface area is 258 Å². The number of urea groups is 1. The molecule has 1 saturated heterocycles. The first kappa shape index (κ1) is 30.6. The van der Waals surface area contributed by atoms with Crippen molar-refractivity contribution >= 4 is 34.8 Å². The van der Waals surface area contributed by atoms with Crippen LogP contribution in [-0.4, -0.2) is 54.7 Å². The molecule has 0 unspecified atom stereocenters. The number of rotatable bonds is 9. The Morgan fingerprint density at radius 3 is 2.57 bits per heavy atom. The molecule has 3 aromatic rings. The summed E-state index contributed by atoms with van der Waals surface area (Å²) in [5.74, 6) is 0.412. The van der Waals surface area contributed by atoms with Gasteiger partial charge in [0, 0.05) is 44.0 Å². The SMILES string of the molecule is C=CC(=O)Nc1ccc(Cc2ccccc2)c(N(C(N)=O)C2CCC(Nc3ccc(C#N)cn3)CC2)c1N1CCN[C@@H](C)C1. The number of amides is 3. The molecule has 2 heterocycles. The molecule has 1 saturated carbocycles. The Morgan fingerprint density at radius 1 is 1.16 bits per heavy atom. The summed E-state index contributed by atoms with van der Waals surface area (Å²) in [5, 5.41) is 19.1. The van der Waals surface area contributed by atoms with Gasteiger partial charge < -0.3 is 26.6 Å². The predicted molar refractivity (Wildman–Crippen MR) is 175 cm³/mol. The number of anilines is 4. The molecular weight excluding hydrogens is 552 g/mol. The number of carbonyl (C=O) groups excluding carboxylic acids is 2. The molecule has 2 aliphatic rings. The number of nitrogens with zero attached hydrogens (tertiary/aromatic N) is 4. The summed E-state index contributed by atoms with van der Waals surface area (Å²) in [6.07, 6.45) is 6.53. The fraction of sp³-hybridized carbons (Fsp3) is 0.353. The summed E-state index contributed by atoms with van der Waals surface area (Å²) in [4.78, 5) is 34.5. The highest BCUT2D eigenvalue weighted by Gasteiger charge is 2.35. The third-order valence-corrected chi connectivity index (χ3v) is 8.39. The molecule has 1 aromatic heterocycles. The third kappa shape index (κ3) is 7.18. The lowest BCUT2D eigenvalue weighted by molar-refractivity contribution is -0.111. The summed E-state index contributed by atoms with van der Waals surface area (Å²) >= 11 is 0. The average molecular weight is 593 g/mol. The Bertz CT molecular complexity index is 1510. The van der Waals surface area contributed by atoms with Gasteiger partial charge in [-0.1, -0.05) is 43.0 Å². The normalized spacial score (nSPS) is 19.8. The van der Waals surface area contributed by atoms with E-state index in [2.05, 4.69) is 57.5 Å². The summed E-state index contributed by atoms with van der Waals surface area (Å²) in [6.45, 7) is 7.97. The van der Waals surface area contributed by atoms with Crippen molar-refractivity contribution in [3.63, 3.8) is 0 Å². The van der Waals surface area contributed by atoms with Crippen LogP contribution in [0, 0.1) is 11.3 Å². The molecule has 3 amide bonds. The van der Waals surface area contributed by atoms with Crippen LogP contribution in [0.2, 0.25) is 0 Å². The van der Waals surface area contributed by atoms with Crippen LogP contribution in [0.4, 0.5) is 27.7 Å². The monoisotopic (exact) mass is 592 g/mol. The molecule has 10 heteroatoms. The van der Waals surface area contributed by atoms with E-state index in [0.717, 1.165) is 60.5 Å².